The summed E-state index contributed by atoms with van der Waals surface area (Å²) in [6.07, 6.45) is 0. The van der Waals surface area contributed by atoms with Crippen LogP contribution in [0.5, 0.6) is 0 Å². The van der Waals surface area contributed by atoms with Gasteiger partial charge in [0, 0.05) is 11.4 Å². The van der Waals surface area contributed by atoms with Crippen molar-refractivity contribution in [2.24, 2.45) is 0 Å². The predicted molar refractivity (Wildman–Crippen MR) is 63.4 cm³/mol. The van der Waals surface area contributed by atoms with Crippen LogP contribution in [-0.4, -0.2) is 0 Å². The van der Waals surface area contributed by atoms with E-state index in [0.717, 1.165) is 11.4 Å². The molecule has 0 spiro atoms. The van der Waals surface area contributed by atoms with Crippen molar-refractivity contribution in [2.45, 2.75) is 0 Å². The van der Waals surface area contributed by atoms with E-state index in [4.69, 9.17) is 0 Å². The Morgan fingerprint density at radius 2 is 1.26 bits per heavy atom. The van der Waals surface area contributed by atoms with E-state index in [0.29, 0.717) is 0 Å². The van der Waals surface area contributed by atoms with E-state index >= 15 is 0 Å². The van der Waals surface area contributed by atoms with Crippen LogP contribution < -0.4 is 79.5 Å². The van der Waals surface area contributed by atoms with Crippen molar-refractivity contribution in [3.05, 3.63) is 54.6 Å². The second kappa shape index (κ2) is 8.63. The van der Waals surface area contributed by atoms with Crippen LogP contribution in [0, 0.1) is 0 Å². The first-order valence-electron chi connectivity index (χ1n) is 5.00. The Kier molecular flexibility index (Phi) is 8.80. The number of nitrogens with one attached hydrogen (secondary N) is 1. The van der Waals surface area contributed by atoms with Gasteiger partial charge in [-0.3, -0.25) is 0 Å². The second-order valence-corrected chi connectivity index (χ2v) is 5.05. The molecule has 2 rings (SSSR count). The van der Waals surface area contributed by atoms with E-state index in [9.17, 15) is 14.4 Å². The molecule has 0 saturated carbocycles. The molecule has 1 N–H and O–H groups in total. The minimum Gasteiger partial charge on any atom is -0.807 e. The molecule has 0 fully saturated rings. The summed E-state index contributed by atoms with van der Waals surface area (Å²) in [4.78, 5) is 21.5. The Morgan fingerprint density at radius 1 is 0.789 bits per heavy atom. The molecular formula is C12H10NNa2O3P. The molecule has 0 radical (unpaired) electrons. The van der Waals surface area contributed by atoms with E-state index in [-0.39, 0.29) is 64.4 Å². The van der Waals surface area contributed by atoms with E-state index in [1.165, 1.54) is 12.1 Å². The summed E-state index contributed by atoms with van der Waals surface area (Å²) >= 11 is 0. The molecule has 0 atom stereocenters. The standard InChI is InChI=1S/C12H12NO3P.2Na/c14-17(15,16)12-8-6-11(7-9-12)13-10-4-2-1-3-5-10;;/h1-9,13H,(H2,14,15,16);;/q;2*+1/p-2. The van der Waals surface area contributed by atoms with Crippen LogP contribution in [0.15, 0.2) is 54.6 Å². The molecule has 4 nitrogen and oxygen atoms in total. The quantitative estimate of drug-likeness (QED) is 0.454. The summed E-state index contributed by atoms with van der Waals surface area (Å²) in [5.41, 5.74) is 1.63. The second-order valence-electron chi connectivity index (χ2n) is 3.54. The fraction of sp³-hybridized carbons (Fsp3) is 0. The summed E-state index contributed by atoms with van der Waals surface area (Å²) in [5.74, 6) is 0. The Hall–Kier alpha value is 0.390. The normalized spacial score (nSPS) is 10.0. The van der Waals surface area contributed by atoms with Gasteiger partial charge >= 0.3 is 59.1 Å². The average molecular weight is 293 g/mol. The third-order valence-corrected chi connectivity index (χ3v) is 3.18. The minimum absolute atomic E-state index is 0. The average Bonchev–Trinajstić information content (AvgIpc) is 2.30. The fourth-order valence-corrected chi connectivity index (χ4v) is 1.93. The monoisotopic (exact) mass is 293 g/mol. The summed E-state index contributed by atoms with van der Waals surface area (Å²) in [5, 5.41) is 2.89. The molecule has 2 aromatic rings. The molecule has 88 valence electrons. The minimum atomic E-state index is -4.65. The van der Waals surface area contributed by atoms with Gasteiger partial charge in [-0.2, -0.15) is 0 Å². The van der Waals surface area contributed by atoms with Crippen LogP contribution in [-0.2, 0) is 4.57 Å². The summed E-state index contributed by atoms with van der Waals surface area (Å²) in [7, 11) is -4.65. The van der Waals surface area contributed by atoms with Crippen molar-refractivity contribution in [1.82, 2.24) is 0 Å². The van der Waals surface area contributed by atoms with E-state index < -0.39 is 7.60 Å². The number of rotatable bonds is 3. The van der Waals surface area contributed by atoms with E-state index in [2.05, 4.69) is 5.32 Å². The molecule has 0 aromatic heterocycles. The molecule has 0 saturated heterocycles. The van der Waals surface area contributed by atoms with Gasteiger partial charge in [-0.25, -0.2) is 0 Å². The van der Waals surface area contributed by atoms with Gasteiger partial charge in [0.15, 0.2) is 0 Å². The third kappa shape index (κ3) is 6.13. The molecular weight excluding hydrogens is 283 g/mol. The maximum absolute atomic E-state index is 10.8. The van der Waals surface area contributed by atoms with Crippen LogP contribution in [0.4, 0.5) is 11.4 Å². The molecule has 0 aliphatic carbocycles. The first kappa shape index (κ1) is 19.4. The van der Waals surface area contributed by atoms with Crippen molar-refractivity contribution < 1.29 is 73.5 Å². The van der Waals surface area contributed by atoms with Gasteiger partial charge in [-0.15, -0.1) is 0 Å². The first-order valence-corrected chi connectivity index (χ1v) is 6.55. The first-order chi connectivity index (χ1) is 8.05. The maximum Gasteiger partial charge on any atom is 1.00 e. The zero-order valence-electron chi connectivity index (χ0n) is 10.9. The van der Waals surface area contributed by atoms with Crippen LogP contribution in [0.1, 0.15) is 0 Å². The van der Waals surface area contributed by atoms with Gasteiger partial charge < -0.3 is 19.7 Å². The molecule has 0 aliphatic heterocycles. The van der Waals surface area contributed by atoms with Gasteiger partial charge in [0.05, 0.1) is 0 Å². The topological polar surface area (TPSA) is 75.2 Å². The smallest absolute Gasteiger partial charge is 0.807 e. The number of benzene rings is 2. The SMILES string of the molecule is O=P([O-])([O-])c1ccc(Nc2ccccc2)cc1.[Na+].[Na+]. The van der Waals surface area contributed by atoms with Gasteiger partial charge in [0.1, 0.15) is 0 Å². The molecule has 0 bridgehead atoms. The molecule has 0 heterocycles. The van der Waals surface area contributed by atoms with Crippen molar-refractivity contribution in [3.63, 3.8) is 0 Å². The Labute approximate surface area is 156 Å². The van der Waals surface area contributed by atoms with Crippen LogP contribution in [0.2, 0.25) is 0 Å². The molecule has 19 heavy (non-hydrogen) atoms. The Bertz CT molecular complexity index is 543. The van der Waals surface area contributed by atoms with Crippen molar-refractivity contribution >= 4 is 24.3 Å². The largest absolute Gasteiger partial charge is 1.00 e. The van der Waals surface area contributed by atoms with Crippen molar-refractivity contribution in [2.75, 3.05) is 5.32 Å². The number of anilines is 2. The van der Waals surface area contributed by atoms with Gasteiger partial charge in [-0.1, -0.05) is 30.3 Å². The van der Waals surface area contributed by atoms with Crippen molar-refractivity contribution in [1.29, 1.82) is 0 Å². The zero-order chi connectivity index (χ0) is 12.3. The fourth-order valence-electron chi connectivity index (χ4n) is 1.42. The van der Waals surface area contributed by atoms with Gasteiger partial charge in [0.2, 0.25) is 0 Å². The number of hydrogen-bond donors (Lipinski definition) is 1. The third-order valence-electron chi connectivity index (χ3n) is 2.25. The van der Waals surface area contributed by atoms with E-state index in [1.54, 1.807) is 12.1 Å². The Morgan fingerprint density at radius 3 is 1.74 bits per heavy atom. The van der Waals surface area contributed by atoms with Crippen LogP contribution in [0.25, 0.3) is 0 Å². The molecule has 0 aliphatic rings. The summed E-state index contributed by atoms with van der Waals surface area (Å²) < 4.78 is 10.8. The Balaban J connectivity index is 0.00000162. The molecule has 7 heteroatoms. The van der Waals surface area contributed by atoms with Gasteiger partial charge in [0.25, 0.3) is 0 Å². The molecule has 0 amide bonds. The van der Waals surface area contributed by atoms with E-state index in [1.807, 2.05) is 30.3 Å². The van der Waals surface area contributed by atoms with Gasteiger partial charge in [-0.05, 0) is 37.2 Å². The van der Waals surface area contributed by atoms with Crippen molar-refractivity contribution in [3.8, 4) is 0 Å². The zero-order valence-corrected chi connectivity index (χ0v) is 15.8. The number of para-hydroxylation sites is 1. The van der Waals surface area contributed by atoms with Crippen LogP contribution >= 0.6 is 7.60 Å². The maximum atomic E-state index is 10.8. The predicted octanol–water partition coefficient (Wildman–Crippen LogP) is -5.02. The van der Waals surface area contributed by atoms with Crippen LogP contribution in [0.3, 0.4) is 0 Å². The molecule has 0 unspecified atom stereocenters. The summed E-state index contributed by atoms with van der Waals surface area (Å²) in [6, 6.07) is 15.2. The molecule has 2 aromatic carbocycles. The summed E-state index contributed by atoms with van der Waals surface area (Å²) in [6.45, 7) is 0. The number of hydrogen-bond acceptors (Lipinski definition) is 4.